The Morgan fingerprint density at radius 2 is 1.75 bits per heavy atom. The molecule has 1 aromatic heterocycles. The molecule has 0 unspecified atom stereocenters. The van der Waals surface area contributed by atoms with Crippen LogP contribution in [0.2, 0.25) is 0 Å². The molecule has 0 N–H and O–H groups in total. The fourth-order valence-electron chi connectivity index (χ4n) is 2.67. The smallest absolute Gasteiger partial charge is 0.396 e. The van der Waals surface area contributed by atoms with E-state index in [1.54, 1.807) is 24.3 Å². The highest BCUT2D eigenvalue weighted by Crippen LogP contribution is 2.35. The second-order valence-corrected chi connectivity index (χ2v) is 7.73. The van der Waals surface area contributed by atoms with E-state index in [-0.39, 0.29) is 6.61 Å². The Kier molecular flexibility index (Phi) is 5.27. The van der Waals surface area contributed by atoms with Gasteiger partial charge in [-0.3, -0.25) is 0 Å². The first-order valence-electron chi connectivity index (χ1n) is 8.31. The first-order chi connectivity index (χ1) is 13.6. The number of fused-ring (bicyclic) bond motifs is 1. The first-order valence-corrected chi connectivity index (χ1v) is 9.91. The van der Waals surface area contributed by atoms with Crippen molar-refractivity contribution < 1.29 is 18.7 Å². The van der Waals surface area contributed by atoms with Crippen molar-refractivity contribution in [1.82, 2.24) is 0 Å². The topological polar surface area (TPSA) is 65.7 Å². The monoisotopic (exact) mass is 456 g/mol. The molecule has 0 amide bonds. The Morgan fingerprint density at radius 3 is 2.50 bits per heavy atom. The molecule has 0 saturated carbocycles. The van der Waals surface area contributed by atoms with Crippen molar-refractivity contribution in [2.24, 2.45) is 0 Å². The highest BCUT2D eigenvalue weighted by Gasteiger charge is 2.15. The summed E-state index contributed by atoms with van der Waals surface area (Å²) in [6, 6.07) is 19.9. The van der Waals surface area contributed by atoms with Crippen LogP contribution in [0.25, 0.3) is 21.4 Å². The van der Waals surface area contributed by atoms with Gasteiger partial charge in [-0.05, 0) is 35.9 Å². The molecule has 5 nitrogen and oxygen atoms in total. The Balaban J connectivity index is 1.61. The molecule has 140 valence electrons. The third kappa shape index (κ3) is 4.16. The second kappa shape index (κ2) is 8.00. The van der Waals surface area contributed by atoms with Gasteiger partial charge in [0.15, 0.2) is 12.2 Å². The van der Waals surface area contributed by atoms with E-state index in [4.69, 9.17) is 13.9 Å². The number of benzene rings is 3. The molecule has 0 aliphatic carbocycles. The molecule has 4 rings (SSSR count). The quantitative estimate of drug-likeness (QED) is 0.302. The summed E-state index contributed by atoms with van der Waals surface area (Å²) in [7, 11) is 0. The summed E-state index contributed by atoms with van der Waals surface area (Å²) < 4.78 is 17.7. The second-order valence-electron chi connectivity index (χ2n) is 5.83. The Bertz CT molecular complexity index is 1180. The van der Waals surface area contributed by atoms with Crippen molar-refractivity contribution in [3.05, 3.63) is 80.9 Å². The zero-order valence-corrected chi connectivity index (χ0v) is 16.8. The van der Waals surface area contributed by atoms with Gasteiger partial charge >= 0.3 is 10.9 Å². The van der Waals surface area contributed by atoms with Crippen molar-refractivity contribution in [1.29, 1.82) is 0 Å². The number of hydrogen-bond donors (Lipinski definition) is 0. The lowest BCUT2D eigenvalue weighted by atomic mass is 10.0. The van der Waals surface area contributed by atoms with Crippen LogP contribution in [-0.4, -0.2) is 12.6 Å². The van der Waals surface area contributed by atoms with Crippen LogP contribution < -0.4 is 14.4 Å². The van der Waals surface area contributed by atoms with E-state index in [0.29, 0.717) is 27.3 Å². The summed E-state index contributed by atoms with van der Waals surface area (Å²) >= 11 is 4.36. The normalized spacial score (nSPS) is 10.8. The summed E-state index contributed by atoms with van der Waals surface area (Å²) in [5.41, 5.74) is 1.99. The average molecular weight is 457 g/mol. The molecule has 0 saturated heterocycles. The number of carbonyl (C=O) groups is 1. The first kappa shape index (κ1) is 18.5. The lowest BCUT2D eigenvalue weighted by Crippen LogP contribution is -2.17. The average Bonchev–Trinajstić information content (AvgIpc) is 3.07. The van der Waals surface area contributed by atoms with Gasteiger partial charge < -0.3 is 13.9 Å². The molecular weight excluding hydrogens is 444 g/mol. The van der Waals surface area contributed by atoms with Gasteiger partial charge in [-0.1, -0.05) is 57.6 Å². The lowest BCUT2D eigenvalue weighted by Gasteiger charge is -2.09. The van der Waals surface area contributed by atoms with Crippen molar-refractivity contribution >= 4 is 43.5 Å². The molecule has 7 heteroatoms. The SMILES string of the molecule is O=C(COc1ccccc1)Oc1cc(-c2ccc(Br)cc2)c2oc(=O)sc2c1. The Hall–Kier alpha value is -2.90. The summed E-state index contributed by atoms with van der Waals surface area (Å²) in [5.74, 6) is 0.364. The van der Waals surface area contributed by atoms with E-state index in [1.165, 1.54) is 0 Å². The van der Waals surface area contributed by atoms with Gasteiger partial charge in [0.25, 0.3) is 0 Å². The summed E-state index contributed by atoms with van der Waals surface area (Å²) in [6.07, 6.45) is 0. The molecule has 0 fully saturated rings. The Labute approximate surface area is 172 Å². The van der Waals surface area contributed by atoms with Crippen molar-refractivity contribution in [3.63, 3.8) is 0 Å². The molecule has 0 aliphatic heterocycles. The van der Waals surface area contributed by atoms with Gasteiger partial charge in [-0.2, -0.15) is 0 Å². The van der Waals surface area contributed by atoms with Crippen LogP contribution in [-0.2, 0) is 4.79 Å². The van der Waals surface area contributed by atoms with Gasteiger partial charge in [0.05, 0.1) is 4.70 Å². The van der Waals surface area contributed by atoms with E-state index < -0.39 is 10.9 Å². The molecule has 0 atom stereocenters. The standard InChI is InChI=1S/C21H13BrO5S/c22-14-8-6-13(7-9-14)17-10-16(11-18-20(17)27-21(24)28-18)26-19(23)12-25-15-4-2-1-3-5-15/h1-11H,12H2. The summed E-state index contributed by atoms with van der Waals surface area (Å²) in [6.45, 7) is -0.225. The van der Waals surface area contributed by atoms with Gasteiger partial charge in [-0.15, -0.1) is 0 Å². The van der Waals surface area contributed by atoms with E-state index in [0.717, 1.165) is 21.4 Å². The molecule has 0 bridgehead atoms. The summed E-state index contributed by atoms with van der Waals surface area (Å²) in [4.78, 5) is 23.5. The molecule has 0 spiro atoms. The molecule has 1 heterocycles. The van der Waals surface area contributed by atoms with E-state index in [1.807, 2.05) is 42.5 Å². The maximum atomic E-state index is 12.2. The zero-order valence-electron chi connectivity index (χ0n) is 14.4. The molecular formula is C21H13BrO5S. The highest BCUT2D eigenvalue weighted by atomic mass is 79.9. The number of esters is 1. The van der Waals surface area contributed by atoms with Crippen LogP contribution in [0.5, 0.6) is 11.5 Å². The third-order valence-electron chi connectivity index (χ3n) is 3.89. The Morgan fingerprint density at radius 1 is 1.00 bits per heavy atom. The minimum atomic E-state index is -0.541. The van der Waals surface area contributed by atoms with Crippen molar-refractivity contribution in [3.8, 4) is 22.6 Å². The highest BCUT2D eigenvalue weighted by molar-refractivity contribution is 9.10. The lowest BCUT2D eigenvalue weighted by molar-refractivity contribution is -0.136. The van der Waals surface area contributed by atoms with Crippen LogP contribution in [0, 0.1) is 0 Å². The van der Waals surface area contributed by atoms with Gasteiger partial charge in [0, 0.05) is 16.1 Å². The van der Waals surface area contributed by atoms with Crippen molar-refractivity contribution in [2.75, 3.05) is 6.61 Å². The fraction of sp³-hybridized carbons (Fsp3) is 0.0476. The van der Waals surface area contributed by atoms with Crippen LogP contribution in [0.15, 0.2) is 80.4 Å². The van der Waals surface area contributed by atoms with E-state index in [9.17, 15) is 9.59 Å². The fourth-order valence-corrected chi connectivity index (χ4v) is 3.66. The molecule has 28 heavy (non-hydrogen) atoms. The minimum absolute atomic E-state index is 0.225. The van der Waals surface area contributed by atoms with Gasteiger partial charge in [0.1, 0.15) is 11.5 Å². The minimum Gasteiger partial charge on any atom is -0.482 e. The number of para-hydroxylation sites is 1. The van der Waals surface area contributed by atoms with Crippen LogP contribution >= 0.6 is 27.3 Å². The van der Waals surface area contributed by atoms with Gasteiger partial charge in [-0.25, -0.2) is 9.59 Å². The number of halogens is 1. The number of hydrogen-bond acceptors (Lipinski definition) is 6. The predicted molar refractivity (Wildman–Crippen MR) is 111 cm³/mol. The predicted octanol–water partition coefficient (Wildman–Crippen LogP) is 5.27. The number of ether oxygens (including phenoxy) is 2. The van der Waals surface area contributed by atoms with Gasteiger partial charge in [0.2, 0.25) is 0 Å². The number of rotatable bonds is 5. The van der Waals surface area contributed by atoms with Crippen LogP contribution in [0.4, 0.5) is 0 Å². The molecule has 4 aromatic rings. The third-order valence-corrected chi connectivity index (χ3v) is 5.20. The van der Waals surface area contributed by atoms with Crippen LogP contribution in [0.1, 0.15) is 0 Å². The largest absolute Gasteiger partial charge is 0.482 e. The zero-order chi connectivity index (χ0) is 19.5. The summed E-state index contributed by atoms with van der Waals surface area (Å²) in [5, 5.41) is 0. The van der Waals surface area contributed by atoms with E-state index in [2.05, 4.69) is 15.9 Å². The molecule has 0 aliphatic rings. The number of carbonyl (C=O) groups excluding carboxylic acids is 1. The van der Waals surface area contributed by atoms with Crippen molar-refractivity contribution in [2.45, 2.75) is 0 Å². The molecule has 3 aromatic carbocycles. The van der Waals surface area contributed by atoms with E-state index >= 15 is 0 Å². The maximum absolute atomic E-state index is 12.2. The maximum Gasteiger partial charge on any atom is 0.396 e. The van der Waals surface area contributed by atoms with Crippen LogP contribution in [0.3, 0.4) is 0 Å². The molecule has 0 radical (unpaired) electrons.